The molecule has 0 aliphatic rings. The molecular formula is C17H14FNOS. The van der Waals surface area contributed by atoms with Crippen molar-refractivity contribution in [2.75, 3.05) is 4.72 Å². The topological polar surface area (TPSA) is 32.3 Å². The van der Waals surface area contributed by atoms with Gasteiger partial charge >= 0.3 is 0 Å². The molecule has 3 rings (SSSR count). The van der Waals surface area contributed by atoms with Crippen molar-refractivity contribution in [2.24, 2.45) is 0 Å². The normalized spacial score (nSPS) is 10.8. The first kappa shape index (κ1) is 13.8. The van der Waals surface area contributed by atoms with E-state index in [1.807, 2.05) is 37.3 Å². The van der Waals surface area contributed by atoms with E-state index in [0.717, 1.165) is 26.9 Å². The average Bonchev–Trinajstić information content (AvgIpc) is 2.48. The van der Waals surface area contributed by atoms with Crippen molar-refractivity contribution >= 4 is 28.4 Å². The van der Waals surface area contributed by atoms with Crippen LogP contribution < -0.4 is 4.72 Å². The van der Waals surface area contributed by atoms with Gasteiger partial charge in [-0.15, -0.1) is 0 Å². The molecular weight excluding hydrogens is 285 g/mol. The average molecular weight is 299 g/mol. The van der Waals surface area contributed by atoms with Crippen LogP contribution >= 0.6 is 11.9 Å². The number of halogens is 1. The lowest BCUT2D eigenvalue weighted by Gasteiger charge is -2.11. The Morgan fingerprint density at radius 3 is 2.52 bits per heavy atom. The molecule has 0 aromatic heterocycles. The maximum Gasteiger partial charge on any atom is 0.123 e. The van der Waals surface area contributed by atoms with Gasteiger partial charge in [-0.3, -0.25) is 0 Å². The van der Waals surface area contributed by atoms with Gasteiger partial charge in [0.1, 0.15) is 11.6 Å². The summed E-state index contributed by atoms with van der Waals surface area (Å²) >= 11 is 1.43. The molecule has 2 N–H and O–H groups in total. The number of benzene rings is 3. The molecule has 106 valence electrons. The van der Waals surface area contributed by atoms with Gasteiger partial charge in [0, 0.05) is 15.7 Å². The molecule has 0 spiro atoms. The number of hydrogen-bond acceptors (Lipinski definition) is 3. The lowest BCUT2D eigenvalue weighted by Crippen LogP contribution is -1.91. The fourth-order valence-electron chi connectivity index (χ4n) is 2.21. The third-order valence-corrected chi connectivity index (χ3v) is 4.31. The zero-order valence-corrected chi connectivity index (χ0v) is 12.2. The third-order valence-electron chi connectivity index (χ3n) is 3.31. The van der Waals surface area contributed by atoms with Crippen LogP contribution in [0.1, 0.15) is 5.56 Å². The molecule has 4 heteroatoms. The molecule has 2 nitrogen and oxygen atoms in total. The zero-order chi connectivity index (χ0) is 14.8. The van der Waals surface area contributed by atoms with E-state index in [1.165, 1.54) is 24.1 Å². The van der Waals surface area contributed by atoms with Crippen LogP contribution in [0, 0.1) is 12.7 Å². The first-order valence-corrected chi connectivity index (χ1v) is 7.36. The van der Waals surface area contributed by atoms with Gasteiger partial charge in [-0.25, -0.2) is 4.39 Å². The van der Waals surface area contributed by atoms with Crippen molar-refractivity contribution in [1.82, 2.24) is 0 Å². The molecule has 0 amide bonds. The maximum absolute atomic E-state index is 13.1. The quantitative estimate of drug-likeness (QED) is 0.520. The van der Waals surface area contributed by atoms with Gasteiger partial charge in [0.2, 0.25) is 0 Å². The molecule has 0 aliphatic carbocycles. The van der Waals surface area contributed by atoms with Crippen LogP contribution in [0.15, 0.2) is 59.5 Å². The summed E-state index contributed by atoms with van der Waals surface area (Å²) in [6, 6.07) is 15.9. The Kier molecular flexibility index (Phi) is 3.71. The van der Waals surface area contributed by atoms with Crippen LogP contribution in [-0.4, -0.2) is 5.11 Å². The zero-order valence-electron chi connectivity index (χ0n) is 11.4. The third kappa shape index (κ3) is 2.81. The Hall–Kier alpha value is -2.20. The van der Waals surface area contributed by atoms with Gasteiger partial charge in [-0.05, 0) is 54.8 Å². The predicted octanol–water partition coefficient (Wildman–Crippen LogP) is 5.11. The van der Waals surface area contributed by atoms with Crippen molar-refractivity contribution in [3.8, 4) is 5.75 Å². The van der Waals surface area contributed by atoms with Gasteiger partial charge in [0.25, 0.3) is 0 Å². The van der Waals surface area contributed by atoms with Gasteiger partial charge in [0.05, 0.1) is 5.69 Å². The number of phenols is 1. The number of hydrogen-bond donors (Lipinski definition) is 2. The first-order valence-electron chi connectivity index (χ1n) is 6.55. The number of anilines is 1. The van der Waals surface area contributed by atoms with E-state index in [-0.39, 0.29) is 11.6 Å². The molecule has 0 unspecified atom stereocenters. The second-order valence-electron chi connectivity index (χ2n) is 4.79. The molecule has 0 heterocycles. The summed E-state index contributed by atoms with van der Waals surface area (Å²) in [5, 5.41) is 11.6. The minimum absolute atomic E-state index is 0.230. The highest BCUT2D eigenvalue weighted by molar-refractivity contribution is 8.00. The van der Waals surface area contributed by atoms with Crippen molar-refractivity contribution in [3.05, 3.63) is 66.0 Å². The van der Waals surface area contributed by atoms with Gasteiger partial charge < -0.3 is 9.83 Å². The number of nitrogens with one attached hydrogen (secondary N) is 1. The van der Waals surface area contributed by atoms with E-state index >= 15 is 0 Å². The number of aryl methyl sites for hydroxylation is 1. The highest BCUT2D eigenvalue weighted by Crippen LogP contribution is 2.33. The smallest absolute Gasteiger partial charge is 0.123 e. The van der Waals surface area contributed by atoms with Crippen molar-refractivity contribution < 1.29 is 9.50 Å². The molecule has 3 aromatic rings. The Bertz CT molecular complexity index is 804. The van der Waals surface area contributed by atoms with Crippen LogP contribution in [0.5, 0.6) is 5.75 Å². The summed E-state index contributed by atoms with van der Waals surface area (Å²) < 4.78 is 16.4. The van der Waals surface area contributed by atoms with E-state index in [2.05, 4.69) is 4.72 Å². The summed E-state index contributed by atoms with van der Waals surface area (Å²) in [7, 11) is 0. The molecule has 0 atom stereocenters. The van der Waals surface area contributed by atoms with Gasteiger partial charge in [0.15, 0.2) is 0 Å². The maximum atomic E-state index is 13.1. The Balaban J connectivity index is 1.90. The van der Waals surface area contributed by atoms with Crippen LogP contribution in [0.4, 0.5) is 10.1 Å². The lowest BCUT2D eigenvalue weighted by atomic mass is 10.1. The van der Waals surface area contributed by atoms with Crippen LogP contribution in [-0.2, 0) is 0 Å². The summed E-state index contributed by atoms with van der Waals surface area (Å²) in [5.41, 5.74) is 1.80. The second kappa shape index (κ2) is 5.66. The Morgan fingerprint density at radius 2 is 1.76 bits per heavy atom. The Labute approximate surface area is 126 Å². The molecule has 3 aromatic carbocycles. The minimum atomic E-state index is -0.230. The molecule has 0 aliphatic heterocycles. The standard InChI is InChI=1S/C17H14FNOS/c1-11-10-12(18)6-9-17(11)21-19-15-7-8-16(20)14-5-3-2-4-13(14)15/h2-10,19-20H,1H3. The summed E-state index contributed by atoms with van der Waals surface area (Å²) in [6.45, 7) is 1.88. The largest absolute Gasteiger partial charge is 0.507 e. The summed E-state index contributed by atoms with van der Waals surface area (Å²) in [6.07, 6.45) is 0. The van der Waals surface area contributed by atoms with Crippen LogP contribution in [0.2, 0.25) is 0 Å². The molecule has 0 saturated heterocycles. The number of phenolic OH excluding ortho intramolecular Hbond substituents is 1. The monoisotopic (exact) mass is 299 g/mol. The van der Waals surface area contributed by atoms with E-state index in [1.54, 1.807) is 12.1 Å². The van der Waals surface area contributed by atoms with Gasteiger partial charge in [-0.2, -0.15) is 0 Å². The van der Waals surface area contributed by atoms with E-state index in [4.69, 9.17) is 0 Å². The number of rotatable bonds is 3. The molecule has 0 bridgehead atoms. The lowest BCUT2D eigenvalue weighted by molar-refractivity contribution is 0.481. The SMILES string of the molecule is Cc1cc(F)ccc1SNc1ccc(O)c2ccccc12. The summed E-state index contributed by atoms with van der Waals surface area (Å²) in [5.74, 6) is 0.0334. The fourth-order valence-corrected chi connectivity index (χ4v) is 2.96. The molecule has 21 heavy (non-hydrogen) atoms. The molecule has 0 fully saturated rings. The molecule has 0 saturated carbocycles. The van der Waals surface area contributed by atoms with E-state index < -0.39 is 0 Å². The Morgan fingerprint density at radius 1 is 1.00 bits per heavy atom. The number of fused-ring (bicyclic) bond motifs is 1. The molecule has 0 radical (unpaired) electrons. The predicted molar refractivity (Wildman–Crippen MR) is 86.2 cm³/mol. The van der Waals surface area contributed by atoms with E-state index in [0.29, 0.717) is 0 Å². The minimum Gasteiger partial charge on any atom is -0.507 e. The van der Waals surface area contributed by atoms with Crippen molar-refractivity contribution in [3.63, 3.8) is 0 Å². The highest BCUT2D eigenvalue weighted by atomic mass is 32.2. The fraction of sp³-hybridized carbons (Fsp3) is 0.0588. The first-order chi connectivity index (χ1) is 10.1. The number of aromatic hydroxyl groups is 1. The van der Waals surface area contributed by atoms with Gasteiger partial charge in [-0.1, -0.05) is 24.3 Å². The van der Waals surface area contributed by atoms with Crippen molar-refractivity contribution in [2.45, 2.75) is 11.8 Å². The highest BCUT2D eigenvalue weighted by Gasteiger charge is 2.06. The summed E-state index contributed by atoms with van der Waals surface area (Å²) in [4.78, 5) is 0.966. The second-order valence-corrected chi connectivity index (χ2v) is 5.64. The van der Waals surface area contributed by atoms with Crippen molar-refractivity contribution in [1.29, 1.82) is 0 Å². The van der Waals surface area contributed by atoms with Crippen LogP contribution in [0.25, 0.3) is 10.8 Å². The van der Waals surface area contributed by atoms with E-state index in [9.17, 15) is 9.50 Å². The van der Waals surface area contributed by atoms with Crippen LogP contribution in [0.3, 0.4) is 0 Å².